The Morgan fingerprint density at radius 1 is 1.37 bits per heavy atom. The molecule has 4 rings (SSSR count). The zero-order valence-electron chi connectivity index (χ0n) is 16.0. The Morgan fingerprint density at radius 3 is 2.83 bits per heavy atom. The maximum absolute atomic E-state index is 13.0. The van der Waals surface area contributed by atoms with Crippen molar-refractivity contribution < 1.29 is 22.8 Å². The zero-order valence-corrected chi connectivity index (χ0v) is 16.8. The van der Waals surface area contributed by atoms with Crippen molar-refractivity contribution in [1.29, 1.82) is 0 Å². The molecule has 13 heteroatoms. The molecule has 2 saturated heterocycles. The molecule has 2 aliphatic heterocycles. The second-order valence-corrected chi connectivity index (χ2v) is 9.65. The molecule has 0 bridgehead atoms. The number of benzene rings is 1. The van der Waals surface area contributed by atoms with E-state index in [1.165, 1.54) is 11.0 Å². The molecule has 0 aliphatic carbocycles. The van der Waals surface area contributed by atoms with Gasteiger partial charge in [0.05, 0.1) is 17.2 Å². The van der Waals surface area contributed by atoms with Gasteiger partial charge in [-0.05, 0) is 41.5 Å². The minimum absolute atomic E-state index is 0.0107. The number of nitrogens with one attached hydrogen (secondary N) is 2. The van der Waals surface area contributed by atoms with Crippen LogP contribution in [0.5, 0.6) is 0 Å². The van der Waals surface area contributed by atoms with Gasteiger partial charge in [0, 0.05) is 6.04 Å². The van der Waals surface area contributed by atoms with Crippen LogP contribution in [0.4, 0.5) is 4.79 Å². The predicted molar refractivity (Wildman–Crippen MR) is 102 cm³/mol. The number of imide groups is 1. The lowest BCUT2D eigenvalue weighted by molar-refractivity contribution is -0.135. The molecule has 0 spiro atoms. The van der Waals surface area contributed by atoms with E-state index in [1.54, 1.807) is 31.2 Å². The lowest BCUT2D eigenvalue weighted by Gasteiger charge is -2.23. The average Bonchev–Trinajstić information content (AvgIpc) is 3.39. The van der Waals surface area contributed by atoms with Gasteiger partial charge < -0.3 is 10.6 Å². The molecule has 2 aliphatic rings. The van der Waals surface area contributed by atoms with Gasteiger partial charge in [0.2, 0.25) is 5.91 Å². The Morgan fingerprint density at radius 2 is 2.17 bits per heavy atom. The van der Waals surface area contributed by atoms with Gasteiger partial charge in [0.1, 0.15) is 18.4 Å². The van der Waals surface area contributed by atoms with Crippen molar-refractivity contribution in [2.45, 2.75) is 24.9 Å². The fourth-order valence-corrected chi connectivity index (χ4v) is 5.27. The largest absolute Gasteiger partial charge is 0.351 e. The molecular weight excluding hydrogens is 414 g/mol. The van der Waals surface area contributed by atoms with Crippen molar-refractivity contribution in [3.05, 3.63) is 36.2 Å². The Hall–Kier alpha value is -3.35. The smallest absolute Gasteiger partial charge is 0.325 e. The highest BCUT2D eigenvalue weighted by atomic mass is 32.2. The molecule has 12 nitrogen and oxygen atoms in total. The van der Waals surface area contributed by atoms with Crippen LogP contribution in [-0.4, -0.2) is 75.5 Å². The van der Waals surface area contributed by atoms with Gasteiger partial charge in [-0.2, -0.15) is 0 Å². The highest BCUT2D eigenvalue weighted by Gasteiger charge is 2.49. The number of sulfone groups is 1. The van der Waals surface area contributed by atoms with Gasteiger partial charge >= 0.3 is 6.03 Å². The first-order valence-corrected chi connectivity index (χ1v) is 11.0. The number of urea groups is 1. The third kappa shape index (κ3) is 3.63. The van der Waals surface area contributed by atoms with Crippen molar-refractivity contribution in [3.8, 4) is 5.69 Å². The minimum Gasteiger partial charge on any atom is -0.351 e. The molecule has 0 saturated carbocycles. The number of aromatic nitrogens is 4. The van der Waals surface area contributed by atoms with Gasteiger partial charge in [-0.25, -0.2) is 17.9 Å². The molecule has 4 amide bonds. The quantitative estimate of drug-likeness (QED) is 0.553. The van der Waals surface area contributed by atoms with E-state index in [0.29, 0.717) is 17.7 Å². The molecule has 3 heterocycles. The summed E-state index contributed by atoms with van der Waals surface area (Å²) in [4.78, 5) is 38.6. The van der Waals surface area contributed by atoms with E-state index in [-0.39, 0.29) is 11.5 Å². The van der Waals surface area contributed by atoms with Crippen molar-refractivity contribution in [2.75, 3.05) is 18.1 Å². The monoisotopic (exact) mass is 433 g/mol. The average molecular weight is 433 g/mol. The van der Waals surface area contributed by atoms with E-state index < -0.39 is 45.8 Å². The third-order valence-electron chi connectivity index (χ3n) is 5.21. The van der Waals surface area contributed by atoms with E-state index in [4.69, 9.17) is 0 Å². The van der Waals surface area contributed by atoms with Crippen molar-refractivity contribution in [3.63, 3.8) is 0 Å². The number of hydrogen-bond acceptors (Lipinski definition) is 8. The van der Waals surface area contributed by atoms with Crippen molar-refractivity contribution >= 4 is 27.7 Å². The van der Waals surface area contributed by atoms with E-state index >= 15 is 0 Å². The molecule has 158 valence electrons. The minimum atomic E-state index is -3.16. The predicted octanol–water partition coefficient (Wildman–Crippen LogP) is -1.27. The van der Waals surface area contributed by atoms with Crippen LogP contribution in [0.1, 0.15) is 18.9 Å². The van der Waals surface area contributed by atoms with Crippen LogP contribution in [0.15, 0.2) is 30.6 Å². The topological polar surface area (TPSA) is 156 Å². The Balaban J connectivity index is 1.49. The molecule has 30 heavy (non-hydrogen) atoms. The lowest BCUT2D eigenvalue weighted by atomic mass is 9.91. The summed E-state index contributed by atoms with van der Waals surface area (Å²) in [6.45, 7) is 1.05. The number of amides is 4. The first-order chi connectivity index (χ1) is 14.2. The number of carbonyl (C=O) groups excluding carboxylic acids is 3. The summed E-state index contributed by atoms with van der Waals surface area (Å²) < 4.78 is 24.5. The van der Waals surface area contributed by atoms with Crippen LogP contribution in [-0.2, 0) is 25.0 Å². The fraction of sp³-hybridized carbons (Fsp3) is 0.412. The third-order valence-corrected chi connectivity index (χ3v) is 6.98. The van der Waals surface area contributed by atoms with Crippen molar-refractivity contribution in [2.24, 2.45) is 0 Å². The van der Waals surface area contributed by atoms with E-state index in [2.05, 4.69) is 26.2 Å². The molecule has 2 fully saturated rings. The van der Waals surface area contributed by atoms with Crippen LogP contribution in [0.25, 0.3) is 5.69 Å². The number of tetrazole rings is 1. The summed E-state index contributed by atoms with van der Waals surface area (Å²) in [5.41, 5.74) is -0.281. The summed E-state index contributed by atoms with van der Waals surface area (Å²) in [6, 6.07) is 5.57. The maximum atomic E-state index is 13.0. The Kier molecular flexibility index (Phi) is 4.76. The van der Waals surface area contributed by atoms with Crippen LogP contribution in [0.2, 0.25) is 0 Å². The van der Waals surface area contributed by atoms with Gasteiger partial charge in [-0.1, -0.05) is 12.1 Å². The Bertz CT molecular complexity index is 1120. The van der Waals surface area contributed by atoms with Crippen LogP contribution >= 0.6 is 0 Å². The highest BCUT2D eigenvalue weighted by Crippen LogP contribution is 2.29. The SMILES string of the molecule is C[C@]1(c2cccc(-n3cnnn3)c2)NC(=O)N(CC(=O)N[C@@H]2CCS(=O)(=O)C2)C1=O. The highest BCUT2D eigenvalue weighted by molar-refractivity contribution is 7.91. The number of carbonyl (C=O) groups is 3. The van der Waals surface area contributed by atoms with Crippen LogP contribution < -0.4 is 10.6 Å². The first kappa shape index (κ1) is 19.9. The number of nitrogens with zero attached hydrogens (tertiary/aromatic N) is 5. The van der Waals surface area contributed by atoms with E-state index in [9.17, 15) is 22.8 Å². The van der Waals surface area contributed by atoms with Gasteiger partial charge in [-0.15, -0.1) is 5.10 Å². The first-order valence-electron chi connectivity index (χ1n) is 9.16. The standard InChI is InChI=1S/C17H19N7O5S/c1-17(11-3-2-4-13(7-11)24-10-18-21-22-24)15(26)23(16(27)20-17)8-14(25)19-12-5-6-30(28,29)9-12/h2-4,7,10,12H,5-6,8-9H2,1H3,(H,19,25)(H,20,27)/t12-,17-/m1/s1. The second-order valence-electron chi connectivity index (χ2n) is 7.42. The molecular formula is C17H19N7O5S. The summed E-state index contributed by atoms with van der Waals surface area (Å²) in [7, 11) is -3.16. The number of rotatable bonds is 5. The van der Waals surface area contributed by atoms with Gasteiger partial charge in [-0.3, -0.25) is 14.5 Å². The molecule has 2 atom stereocenters. The Labute approximate surface area is 171 Å². The molecule has 0 radical (unpaired) electrons. The summed E-state index contributed by atoms with van der Waals surface area (Å²) in [5, 5.41) is 16.2. The normalized spacial score (nSPS) is 25.4. The van der Waals surface area contributed by atoms with Gasteiger partial charge in [0.15, 0.2) is 9.84 Å². The maximum Gasteiger partial charge on any atom is 0.325 e. The lowest BCUT2D eigenvalue weighted by Crippen LogP contribution is -2.45. The molecule has 1 aromatic carbocycles. The summed E-state index contributed by atoms with van der Waals surface area (Å²) in [5.74, 6) is -1.31. The number of hydrogen-bond donors (Lipinski definition) is 2. The second kappa shape index (κ2) is 7.16. The fourth-order valence-electron chi connectivity index (χ4n) is 3.60. The molecule has 2 N–H and O–H groups in total. The van der Waals surface area contributed by atoms with E-state index in [0.717, 1.165) is 4.90 Å². The summed E-state index contributed by atoms with van der Waals surface area (Å²) in [6.07, 6.45) is 1.71. The van der Waals surface area contributed by atoms with Gasteiger partial charge in [0.25, 0.3) is 5.91 Å². The molecule has 2 aromatic rings. The molecule has 1 aromatic heterocycles. The van der Waals surface area contributed by atoms with E-state index in [1.807, 2.05) is 0 Å². The summed E-state index contributed by atoms with van der Waals surface area (Å²) >= 11 is 0. The van der Waals surface area contributed by atoms with Crippen molar-refractivity contribution in [1.82, 2.24) is 35.7 Å². The zero-order chi connectivity index (χ0) is 21.5. The van der Waals surface area contributed by atoms with Crippen LogP contribution in [0, 0.1) is 0 Å². The molecule has 0 unspecified atom stereocenters. The van der Waals surface area contributed by atoms with Crippen LogP contribution in [0.3, 0.4) is 0 Å².